The summed E-state index contributed by atoms with van der Waals surface area (Å²) in [4.78, 5) is 11.8. The number of aliphatic hydroxyl groups is 3. The van der Waals surface area contributed by atoms with Gasteiger partial charge < -0.3 is 20.1 Å². The first-order valence-electron chi connectivity index (χ1n) is 7.15. The lowest BCUT2D eigenvalue weighted by molar-refractivity contribution is -0.154. The molecule has 0 amide bonds. The van der Waals surface area contributed by atoms with Gasteiger partial charge in [0.1, 0.15) is 0 Å². The van der Waals surface area contributed by atoms with E-state index in [1.165, 1.54) is 0 Å². The standard InChI is InChI=1S/C15H22O5/c1-14(2)4-7-9(6-14)15(3,19)5-8-10(11(7)16)13(18)20-12(8)17/h7,9,11,13,16,18-19H,4-6H2,1-3H3. The van der Waals surface area contributed by atoms with Crippen LogP contribution >= 0.6 is 0 Å². The molecule has 20 heavy (non-hydrogen) atoms. The van der Waals surface area contributed by atoms with Crippen LogP contribution in [0.1, 0.15) is 40.0 Å². The van der Waals surface area contributed by atoms with Gasteiger partial charge >= 0.3 is 5.97 Å². The predicted octanol–water partition coefficient (Wildman–Crippen LogP) is 0.726. The molecule has 5 nitrogen and oxygen atoms in total. The van der Waals surface area contributed by atoms with Crippen LogP contribution in [0.15, 0.2) is 11.1 Å². The highest BCUT2D eigenvalue weighted by Gasteiger charge is 2.56. The smallest absolute Gasteiger partial charge is 0.336 e. The average molecular weight is 282 g/mol. The fourth-order valence-electron chi connectivity index (χ4n) is 4.34. The quantitative estimate of drug-likeness (QED) is 0.570. The van der Waals surface area contributed by atoms with Crippen molar-refractivity contribution in [3.8, 4) is 0 Å². The molecular weight excluding hydrogens is 260 g/mol. The van der Waals surface area contributed by atoms with Crippen LogP contribution in [0.25, 0.3) is 0 Å². The summed E-state index contributed by atoms with van der Waals surface area (Å²) in [5.74, 6) is -0.860. The number of rotatable bonds is 0. The number of aliphatic hydroxyl groups excluding tert-OH is 2. The van der Waals surface area contributed by atoms with Crippen molar-refractivity contribution < 1.29 is 24.9 Å². The molecule has 1 aliphatic heterocycles. The molecule has 1 fully saturated rings. The molecule has 0 spiro atoms. The zero-order chi connectivity index (χ0) is 14.9. The second-order valence-electron chi connectivity index (χ2n) is 7.51. The molecule has 1 saturated carbocycles. The predicted molar refractivity (Wildman–Crippen MR) is 70.4 cm³/mol. The Morgan fingerprint density at radius 2 is 1.85 bits per heavy atom. The maximum atomic E-state index is 11.8. The molecule has 0 radical (unpaired) electrons. The van der Waals surface area contributed by atoms with E-state index < -0.39 is 24.0 Å². The van der Waals surface area contributed by atoms with Crippen molar-refractivity contribution in [3.63, 3.8) is 0 Å². The molecule has 5 unspecified atom stereocenters. The van der Waals surface area contributed by atoms with Crippen LogP contribution in [0, 0.1) is 17.3 Å². The summed E-state index contributed by atoms with van der Waals surface area (Å²) in [6.45, 7) is 5.95. The number of carbonyl (C=O) groups excluding carboxylic acids is 1. The minimum atomic E-state index is -1.37. The Bertz CT molecular complexity index is 490. The van der Waals surface area contributed by atoms with Crippen molar-refractivity contribution >= 4 is 5.97 Å². The van der Waals surface area contributed by atoms with E-state index in [-0.39, 0.29) is 34.8 Å². The van der Waals surface area contributed by atoms with Gasteiger partial charge in [0.05, 0.1) is 11.7 Å². The molecule has 0 saturated heterocycles. The summed E-state index contributed by atoms with van der Waals surface area (Å²) in [5.41, 5.74) is -0.519. The summed E-state index contributed by atoms with van der Waals surface area (Å²) in [6.07, 6.45) is -0.606. The highest BCUT2D eigenvalue weighted by Crippen LogP contribution is 2.55. The van der Waals surface area contributed by atoms with E-state index >= 15 is 0 Å². The molecule has 0 bridgehead atoms. The Hall–Kier alpha value is -0.910. The normalized spacial score (nSPS) is 46.8. The van der Waals surface area contributed by atoms with Gasteiger partial charge in [0, 0.05) is 17.6 Å². The Balaban J connectivity index is 2.07. The lowest BCUT2D eigenvalue weighted by Crippen LogP contribution is -2.40. The molecule has 0 aromatic rings. The third kappa shape index (κ3) is 1.91. The van der Waals surface area contributed by atoms with Gasteiger partial charge in [-0.3, -0.25) is 0 Å². The summed E-state index contributed by atoms with van der Waals surface area (Å²) in [7, 11) is 0. The molecule has 0 aromatic heterocycles. The van der Waals surface area contributed by atoms with Gasteiger partial charge in [-0.2, -0.15) is 0 Å². The summed E-state index contributed by atoms with van der Waals surface area (Å²) >= 11 is 0. The van der Waals surface area contributed by atoms with Crippen LogP contribution in [0.2, 0.25) is 0 Å². The zero-order valence-electron chi connectivity index (χ0n) is 12.1. The molecule has 3 aliphatic rings. The second kappa shape index (κ2) is 4.06. The first-order chi connectivity index (χ1) is 9.12. The Kier molecular flexibility index (Phi) is 2.85. The van der Waals surface area contributed by atoms with Gasteiger partial charge in [0.2, 0.25) is 6.29 Å². The van der Waals surface area contributed by atoms with Gasteiger partial charge in [-0.1, -0.05) is 13.8 Å². The number of hydrogen-bond donors (Lipinski definition) is 3. The van der Waals surface area contributed by atoms with Gasteiger partial charge in [0.25, 0.3) is 0 Å². The fourth-order valence-corrected chi connectivity index (χ4v) is 4.34. The van der Waals surface area contributed by atoms with Crippen molar-refractivity contribution in [2.75, 3.05) is 0 Å². The van der Waals surface area contributed by atoms with Crippen molar-refractivity contribution in [1.82, 2.24) is 0 Å². The Morgan fingerprint density at radius 1 is 1.20 bits per heavy atom. The van der Waals surface area contributed by atoms with E-state index in [1.807, 2.05) is 0 Å². The number of hydrogen-bond acceptors (Lipinski definition) is 5. The molecule has 0 aromatic carbocycles. The number of cyclic esters (lactones) is 1. The third-order valence-corrected chi connectivity index (χ3v) is 5.21. The SMILES string of the molecule is CC1(C)CC2C(O)C3=C(CC(C)(O)C2C1)C(=O)OC3O. The van der Waals surface area contributed by atoms with Gasteiger partial charge in [-0.05, 0) is 37.0 Å². The largest absolute Gasteiger partial charge is 0.428 e. The monoisotopic (exact) mass is 282 g/mol. The molecule has 3 N–H and O–H groups in total. The van der Waals surface area contributed by atoms with E-state index in [1.54, 1.807) is 6.92 Å². The average Bonchev–Trinajstić information content (AvgIpc) is 2.74. The van der Waals surface area contributed by atoms with Crippen LogP contribution in [0.4, 0.5) is 0 Å². The van der Waals surface area contributed by atoms with E-state index in [9.17, 15) is 20.1 Å². The first-order valence-corrected chi connectivity index (χ1v) is 7.15. The van der Waals surface area contributed by atoms with Crippen molar-refractivity contribution in [2.45, 2.75) is 58.0 Å². The van der Waals surface area contributed by atoms with E-state index in [4.69, 9.17) is 4.74 Å². The van der Waals surface area contributed by atoms with Crippen molar-refractivity contribution in [2.24, 2.45) is 17.3 Å². The van der Waals surface area contributed by atoms with Gasteiger partial charge in [-0.25, -0.2) is 4.79 Å². The number of carbonyl (C=O) groups is 1. The molecular formula is C15H22O5. The van der Waals surface area contributed by atoms with E-state index in [0.29, 0.717) is 0 Å². The molecule has 1 heterocycles. The fraction of sp³-hybridized carbons (Fsp3) is 0.800. The highest BCUT2D eigenvalue weighted by molar-refractivity contribution is 5.92. The highest BCUT2D eigenvalue weighted by atomic mass is 16.6. The van der Waals surface area contributed by atoms with Crippen molar-refractivity contribution in [1.29, 1.82) is 0 Å². The summed E-state index contributed by atoms with van der Waals surface area (Å²) < 4.78 is 4.80. The van der Waals surface area contributed by atoms with Gasteiger partial charge in [0.15, 0.2) is 0 Å². The molecule has 112 valence electrons. The molecule has 5 heteroatoms. The second-order valence-corrected chi connectivity index (χ2v) is 7.51. The van der Waals surface area contributed by atoms with E-state index in [2.05, 4.69) is 13.8 Å². The Morgan fingerprint density at radius 3 is 2.50 bits per heavy atom. The topological polar surface area (TPSA) is 87.0 Å². The maximum absolute atomic E-state index is 11.8. The third-order valence-electron chi connectivity index (χ3n) is 5.21. The maximum Gasteiger partial charge on any atom is 0.336 e. The molecule has 5 atom stereocenters. The zero-order valence-corrected chi connectivity index (χ0v) is 12.1. The number of fused-ring (bicyclic) bond motifs is 1. The van der Waals surface area contributed by atoms with Crippen LogP contribution in [0.5, 0.6) is 0 Å². The van der Waals surface area contributed by atoms with Crippen LogP contribution in [-0.2, 0) is 9.53 Å². The summed E-state index contributed by atoms with van der Waals surface area (Å²) in [6, 6.07) is 0. The number of ether oxygens (including phenoxy) is 1. The van der Waals surface area contributed by atoms with E-state index in [0.717, 1.165) is 12.8 Å². The lowest BCUT2D eigenvalue weighted by atomic mass is 9.78. The molecule has 3 rings (SSSR count). The molecule has 2 aliphatic carbocycles. The summed E-state index contributed by atoms with van der Waals surface area (Å²) in [5, 5.41) is 31.3. The minimum absolute atomic E-state index is 0.0345. The van der Waals surface area contributed by atoms with Crippen LogP contribution in [0.3, 0.4) is 0 Å². The number of esters is 1. The van der Waals surface area contributed by atoms with Crippen LogP contribution < -0.4 is 0 Å². The lowest BCUT2D eigenvalue weighted by Gasteiger charge is -2.34. The van der Waals surface area contributed by atoms with Crippen molar-refractivity contribution in [3.05, 3.63) is 11.1 Å². The van der Waals surface area contributed by atoms with Gasteiger partial charge in [-0.15, -0.1) is 0 Å². The van der Waals surface area contributed by atoms with Crippen LogP contribution in [-0.4, -0.2) is 39.3 Å². The Labute approximate surface area is 118 Å². The minimum Gasteiger partial charge on any atom is -0.428 e. The first kappa shape index (κ1) is 14.0.